The van der Waals surface area contributed by atoms with Crippen molar-refractivity contribution in [3.63, 3.8) is 0 Å². The fourth-order valence-electron chi connectivity index (χ4n) is 0.968. The van der Waals surface area contributed by atoms with Crippen molar-refractivity contribution in [1.82, 2.24) is 0 Å². The van der Waals surface area contributed by atoms with Gasteiger partial charge in [0.05, 0.1) is 16.9 Å². The highest BCUT2D eigenvalue weighted by Gasteiger charge is 2.12. The molecule has 0 unspecified atom stereocenters. The molecule has 7 nitrogen and oxygen atoms in total. The lowest BCUT2D eigenvalue weighted by molar-refractivity contribution is -0.432. The SMILES string of the molecule is CNc1cc(SOOO)cc(S(=O)(=O)O)c1. The van der Waals surface area contributed by atoms with Crippen LogP contribution in [-0.4, -0.2) is 25.3 Å². The predicted octanol–water partition coefficient (Wildman–Crippen LogP) is 1.40. The van der Waals surface area contributed by atoms with Crippen LogP contribution in [0.3, 0.4) is 0 Å². The zero-order valence-electron chi connectivity index (χ0n) is 8.08. The van der Waals surface area contributed by atoms with Crippen molar-refractivity contribution in [2.75, 3.05) is 12.4 Å². The van der Waals surface area contributed by atoms with Crippen LogP contribution in [0.25, 0.3) is 0 Å². The zero-order chi connectivity index (χ0) is 12.2. The third-order valence-electron chi connectivity index (χ3n) is 1.63. The van der Waals surface area contributed by atoms with Gasteiger partial charge in [0.2, 0.25) is 0 Å². The highest BCUT2D eigenvalue weighted by molar-refractivity contribution is 7.94. The summed E-state index contributed by atoms with van der Waals surface area (Å²) in [6.45, 7) is 0. The van der Waals surface area contributed by atoms with Crippen LogP contribution in [0.1, 0.15) is 0 Å². The van der Waals surface area contributed by atoms with Crippen molar-refractivity contribution in [3.05, 3.63) is 18.2 Å². The van der Waals surface area contributed by atoms with E-state index in [0.717, 1.165) is 0 Å². The first kappa shape index (κ1) is 13.2. The van der Waals surface area contributed by atoms with Gasteiger partial charge in [0.15, 0.2) is 0 Å². The van der Waals surface area contributed by atoms with Crippen molar-refractivity contribution in [2.24, 2.45) is 0 Å². The van der Waals surface area contributed by atoms with E-state index >= 15 is 0 Å². The number of hydrogen-bond acceptors (Lipinski definition) is 7. The third kappa shape index (κ3) is 3.63. The van der Waals surface area contributed by atoms with Crippen molar-refractivity contribution in [1.29, 1.82) is 0 Å². The molecule has 1 aromatic rings. The lowest BCUT2D eigenvalue weighted by Gasteiger charge is -2.05. The van der Waals surface area contributed by atoms with Gasteiger partial charge in [0.1, 0.15) is 0 Å². The molecule has 3 N–H and O–H groups in total. The Hall–Kier alpha value is -0.840. The first-order chi connectivity index (χ1) is 7.47. The number of nitrogens with one attached hydrogen (secondary N) is 1. The Kier molecular flexibility index (Phi) is 4.53. The summed E-state index contributed by atoms with van der Waals surface area (Å²) in [6, 6.07) is 3.96. The lowest BCUT2D eigenvalue weighted by Crippen LogP contribution is -2.00. The van der Waals surface area contributed by atoms with Crippen molar-refractivity contribution in [3.8, 4) is 0 Å². The van der Waals surface area contributed by atoms with Gasteiger partial charge in [-0.2, -0.15) is 8.42 Å². The van der Waals surface area contributed by atoms with Crippen LogP contribution in [0.5, 0.6) is 0 Å². The molecular weight excluding hydrogens is 258 g/mol. The minimum Gasteiger partial charge on any atom is -0.388 e. The van der Waals surface area contributed by atoms with E-state index in [1.807, 2.05) is 0 Å². The first-order valence-corrected chi connectivity index (χ1v) is 6.10. The minimum absolute atomic E-state index is 0.289. The summed E-state index contributed by atoms with van der Waals surface area (Å²) < 4.78 is 34.9. The van der Waals surface area contributed by atoms with Gasteiger partial charge in [-0.25, -0.2) is 5.26 Å². The first-order valence-electron chi connectivity index (χ1n) is 3.92. The highest BCUT2D eigenvalue weighted by atomic mass is 32.2. The topological polar surface area (TPSA) is 105 Å². The van der Waals surface area contributed by atoms with Crippen LogP contribution < -0.4 is 5.32 Å². The quantitative estimate of drug-likeness (QED) is 0.318. The van der Waals surface area contributed by atoms with E-state index in [9.17, 15) is 8.42 Å². The molecule has 1 aromatic carbocycles. The normalized spacial score (nSPS) is 11.4. The van der Waals surface area contributed by atoms with E-state index in [2.05, 4.69) is 14.7 Å². The van der Waals surface area contributed by atoms with Gasteiger partial charge in [-0.15, -0.1) is 4.33 Å². The van der Waals surface area contributed by atoms with E-state index in [0.29, 0.717) is 22.6 Å². The van der Waals surface area contributed by atoms with E-state index in [4.69, 9.17) is 9.81 Å². The summed E-state index contributed by atoms with van der Waals surface area (Å²) in [7, 11) is -2.71. The van der Waals surface area contributed by atoms with E-state index in [-0.39, 0.29) is 4.90 Å². The lowest BCUT2D eigenvalue weighted by atomic mass is 10.3. The smallest absolute Gasteiger partial charge is 0.294 e. The molecule has 0 saturated carbocycles. The molecule has 90 valence electrons. The molecule has 0 spiro atoms. The largest absolute Gasteiger partial charge is 0.388 e. The molecule has 0 heterocycles. The molecule has 0 radical (unpaired) electrons. The molecular formula is C7H9NO6S2. The predicted molar refractivity (Wildman–Crippen MR) is 56.5 cm³/mol. The molecule has 0 fully saturated rings. The van der Waals surface area contributed by atoms with Crippen molar-refractivity contribution in [2.45, 2.75) is 9.79 Å². The van der Waals surface area contributed by atoms with Crippen molar-refractivity contribution >= 4 is 27.8 Å². The molecule has 0 aliphatic carbocycles. The summed E-state index contributed by atoms with van der Waals surface area (Å²) in [4.78, 5) is 0.0388. The van der Waals surface area contributed by atoms with Gasteiger partial charge in [-0.05, 0) is 18.2 Å². The molecule has 1 rings (SSSR count). The molecule has 0 saturated heterocycles. The second-order valence-corrected chi connectivity index (χ2v) is 4.84. The number of rotatable bonds is 5. The molecule has 0 aromatic heterocycles. The van der Waals surface area contributed by atoms with Crippen molar-refractivity contribution < 1.29 is 27.6 Å². The van der Waals surface area contributed by atoms with Gasteiger partial charge in [-0.3, -0.25) is 4.55 Å². The summed E-state index contributed by atoms with van der Waals surface area (Å²) in [5.41, 5.74) is 0.458. The monoisotopic (exact) mass is 267 g/mol. The second-order valence-electron chi connectivity index (χ2n) is 2.64. The van der Waals surface area contributed by atoms with Gasteiger partial charge in [0.25, 0.3) is 10.1 Å². The van der Waals surface area contributed by atoms with Gasteiger partial charge >= 0.3 is 0 Å². The Labute approximate surface area is 96.2 Å². The van der Waals surface area contributed by atoms with E-state index in [1.54, 1.807) is 13.1 Å². The molecule has 0 bridgehead atoms. The summed E-state index contributed by atoms with van der Waals surface area (Å²) >= 11 is 0.592. The maximum Gasteiger partial charge on any atom is 0.294 e. The zero-order valence-corrected chi connectivity index (χ0v) is 9.71. The van der Waals surface area contributed by atoms with Crippen LogP contribution in [0.2, 0.25) is 0 Å². The van der Waals surface area contributed by atoms with Gasteiger partial charge in [0, 0.05) is 17.6 Å². The Morgan fingerprint density at radius 2 is 2.06 bits per heavy atom. The number of anilines is 1. The van der Waals surface area contributed by atoms with Crippen LogP contribution in [0.4, 0.5) is 5.69 Å². The van der Waals surface area contributed by atoms with Crippen LogP contribution in [-0.2, 0) is 19.5 Å². The fraction of sp³-hybridized carbons (Fsp3) is 0.143. The summed E-state index contributed by atoms with van der Waals surface area (Å²) in [5.74, 6) is 0. The van der Waals surface area contributed by atoms with Crippen LogP contribution in [0.15, 0.2) is 28.0 Å². The van der Waals surface area contributed by atoms with Crippen LogP contribution >= 0.6 is 12.0 Å². The Bertz CT molecular complexity index is 460. The Balaban J connectivity index is 3.11. The average Bonchev–Trinajstić information content (AvgIpc) is 2.24. The summed E-state index contributed by atoms with van der Waals surface area (Å²) in [5, 5.41) is 14.0. The number of benzene rings is 1. The van der Waals surface area contributed by atoms with Gasteiger partial charge < -0.3 is 5.32 Å². The summed E-state index contributed by atoms with van der Waals surface area (Å²) in [6.07, 6.45) is 0. The Morgan fingerprint density at radius 3 is 2.56 bits per heavy atom. The molecule has 0 amide bonds. The standard InChI is InChI=1S/C7H9NO6S2/c1-8-5-2-6(15-14-13-9)4-7(3-5)16(10,11)12/h2-4,8-9H,1H3,(H,10,11,12). The molecule has 0 aliphatic heterocycles. The highest BCUT2D eigenvalue weighted by Crippen LogP contribution is 2.26. The molecule has 16 heavy (non-hydrogen) atoms. The van der Waals surface area contributed by atoms with E-state index in [1.165, 1.54) is 12.1 Å². The molecule has 0 aliphatic rings. The van der Waals surface area contributed by atoms with Crippen LogP contribution in [0, 0.1) is 0 Å². The average molecular weight is 267 g/mol. The van der Waals surface area contributed by atoms with E-state index < -0.39 is 10.1 Å². The molecule has 9 heteroatoms. The maximum atomic E-state index is 10.9. The second kappa shape index (κ2) is 5.48. The fourth-order valence-corrected chi connectivity index (χ4v) is 2.05. The molecule has 0 atom stereocenters. The minimum atomic E-state index is -4.30. The Morgan fingerprint density at radius 1 is 1.38 bits per heavy atom. The number of hydrogen-bond donors (Lipinski definition) is 3. The maximum absolute atomic E-state index is 10.9. The van der Waals surface area contributed by atoms with Gasteiger partial charge in [-0.1, -0.05) is 5.04 Å². The third-order valence-corrected chi connectivity index (χ3v) is 3.02.